The van der Waals surface area contributed by atoms with E-state index in [2.05, 4.69) is 17.2 Å². The van der Waals surface area contributed by atoms with E-state index >= 15 is 0 Å². The number of methoxy groups -OCH3 is 2. The zero-order valence-corrected chi connectivity index (χ0v) is 12.8. The maximum Gasteiger partial charge on any atom is 0.161 e. The molecule has 6 heteroatoms. The molecular formula is C15H22N4O2. The highest BCUT2D eigenvalue weighted by molar-refractivity contribution is 5.66. The molecule has 2 rings (SSSR count). The van der Waals surface area contributed by atoms with E-state index < -0.39 is 0 Å². The number of ether oxygens (including phenoxy) is 2. The molecule has 0 unspecified atom stereocenters. The van der Waals surface area contributed by atoms with Gasteiger partial charge < -0.3 is 15.2 Å². The summed E-state index contributed by atoms with van der Waals surface area (Å²) in [6, 6.07) is 5.78. The molecule has 0 saturated heterocycles. The van der Waals surface area contributed by atoms with Gasteiger partial charge in [-0.15, -0.1) is 5.10 Å². The molecule has 1 aromatic heterocycles. The summed E-state index contributed by atoms with van der Waals surface area (Å²) >= 11 is 0. The lowest BCUT2D eigenvalue weighted by atomic mass is 10.1. The summed E-state index contributed by atoms with van der Waals surface area (Å²) in [6.07, 6.45) is 2.15. The number of hydrogen-bond acceptors (Lipinski definition) is 5. The summed E-state index contributed by atoms with van der Waals surface area (Å²) in [6.45, 7) is 3.33. The van der Waals surface area contributed by atoms with Crippen LogP contribution >= 0.6 is 0 Å². The van der Waals surface area contributed by atoms with E-state index in [0.717, 1.165) is 36.3 Å². The quantitative estimate of drug-likeness (QED) is 0.846. The highest BCUT2D eigenvalue weighted by Crippen LogP contribution is 2.33. The number of nitrogens with two attached hydrogens (primary N) is 1. The molecule has 0 aliphatic heterocycles. The summed E-state index contributed by atoms with van der Waals surface area (Å²) in [5, 5.41) is 8.39. The van der Waals surface area contributed by atoms with Gasteiger partial charge in [-0.1, -0.05) is 18.6 Å². The molecule has 0 bridgehead atoms. The molecular weight excluding hydrogens is 268 g/mol. The number of unbranched alkanes of at least 4 members (excludes halogenated alkanes) is 1. The highest BCUT2D eigenvalue weighted by atomic mass is 16.5. The van der Waals surface area contributed by atoms with Crippen LogP contribution in [0.5, 0.6) is 11.5 Å². The van der Waals surface area contributed by atoms with E-state index in [1.54, 1.807) is 14.2 Å². The summed E-state index contributed by atoms with van der Waals surface area (Å²) in [5.41, 5.74) is 8.51. The van der Waals surface area contributed by atoms with Crippen LogP contribution in [0.25, 0.3) is 11.3 Å². The third-order valence-corrected chi connectivity index (χ3v) is 3.38. The first kappa shape index (κ1) is 15.3. The predicted molar refractivity (Wildman–Crippen MR) is 81.4 cm³/mol. The van der Waals surface area contributed by atoms with Crippen LogP contribution in [0.15, 0.2) is 18.2 Å². The van der Waals surface area contributed by atoms with Crippen LogP contribution in [-0.4, -0.2) is 29.2 Å². The zero-order valence-electron chi connectivity index (χ0n) is 12.8. The van der Waals surface area contributed by atoms with Gasteiger partial charge in [0.1, 0.15) is 5.69 Å². The topological polar surface area (TPSA) is 75.2 Å². The average molecular weight is 290 g/mol. The molecule has 0 atom stereocenters. The number of nitrogens with zero attached hydrogens (tertiary/aromatic N) is 3. The van der Waals surface area contributed by atoms with Crippen LogP contribution in [0.3, 0.4) is 0 Å². The lowest BCUT2D eigenvalue weighted by molar-refractivity contribution is 0.355. The van der Waals surface area contributed by atoms with Gasteiger partial charge in [-0.05, 0) is 24.6 Å². The van der Waals surface area contributed by atoms with E-state index in [-0.39, 0.29) is 0 Å². The lowest BCUT2D eigenvalue weighted by Gasteiger charge is -2.11. The molecule has 0 radical (unpaired) electrons. The van der Waals surface area contributed by atoms with Crippen molar-refractivity contribution in [3.8, 4) is 22.8 Å². The fraction of sp³-hybridized carbons (Fsp3) is 0.467. The number of hydrogen-bond donors (Lipinski definition) is 1. The maximum atomic E-state index is 5.78. The molecule has 0 aliphatic carbocycles. The van der Waals surface area contributed by atoms with Crippen molar-refractivity contribution in [3.05, 3.63) is 23.9 Å². The van der Waals surface area contributed by atoms with Gasteiger partial charge in [-0.3, -0.25) is 0 Å². The minimum Gasteiger partial charge on any atom is -0.493 e. The maximum absolute atomic E-state index is 5.78. The summed E-state index contributed by atoms with van der Waals surface area (Å²) in [4.78, 5) is 0. The van der Waals surface area contributed by atoms with E-state index in [1.807, 2.05) is 22.9 Å². The van der Waals surface area contributed by atoms with Gasteiger partial charge >= 0.3 is 0 Å². The Morgan fingerprint density at radius 3 is 2.57 bits per heavy atom. The van der Waals surface area contributed by atoms with Gasteiger partial charge in [0.05, 0.1) is 19.9 Å². The minimum atomic E-state index is 0.357. The second kappa shape index (κ2) is 7.08. The smallest absolute Gasteiger partial charge is 0.161 e. The Kier molecular flexibility index (Phi) is 5.16. The monoisotopic (exact) mass is 290 g/mol. The van der Waals surface area contributed by atoms with Gasteiger partial charge in [0.15, 0.2) is 11.5 Å². The van der Waals surface area contributed by atoms with E-state index in [9.17, 15) is 0 Å². The largest absolute Gasteiger partial charge is 0.493 e. The van der Waals surface area contributed by atoms with E-state index in [0.29, 0.717) is 18.0 Å². The Labute approximate surface area is 124 Å². The van der Waals surface area contributed by atoms with Crippen molar-refractivity contribution in [2.45, 2.75) is 32.9 Å². The molecule has 6 nitrogen and oxygen atoms in total. The van der Waals surface area contributed by atoms with Gasteiger partial charge in [-0.2, -0.15) is 0 Å². The standard InChI is InChI=1S/C15H22N4O2/c1-4-5-8-19-15(12(10-16)17-18-19)11-6-7-13(20-2)14(9-11)21-3/h6-7,9H,4-5,8,10,16H2,1-3H3. The van der Waals surface area contributed by atoms with Crippen LogP contribution in [0.4, 0.5) is 0 Å². The summed E-state index contributed by atoms with van der Waals surface area (Å²) < 4.78 is 12.5. The first-order chi connectivity index (χ1) is 10.2. The molecule has 0 spiro atoms. The second-order valence-electron chi connectivity index (χ2n) is 4.74. The highest BCUT2D eigenvalue weighted by Gasteiger charge is 2.15. The molecule has 0 amide bonds. The molecule has 0 aliphatic rings. The Balaban J connectivity index is 2.46. The van der Waals surface area contributed by atoms with Gasteiger partial charge in [0.2, 0.25) is 0 Å². The zero-order chi connectivity index (χ0) is 15.2. The Bertz CT molecular complexity index is 595. The molecule has 0 fully saturated rings. The lowest BCUT2D eigenvalue weighted by Crippen LogP contribution is -2.05. The summed E-state index contributed by atoms with van der Waals surface area (Å²) in [5.74, 6) is 1.38. The third kappa shape index (κ3) is 3.16. The SMILES string of the molecule is CCCCn1nnc(CN)c1-c1ccc(OC)c(OC)c1. The van der Waals surface area contributed by atoms with Crippen molar-refractivity contribution in [1.82, 2.24) is 15.0 Å². The molecule has 21 heavy (non-hydrogen) atoms. The number of rotatable bonds is 7. The van der Waals surface area contributed by atoms with Crippen LogP contribution < -0.4 is 15.2 Å². The fourth-order valence-corrected chi connectivity index (χ4v) is 2.25. The molecule has 0 saturated carbocycles. The van der Waals surface area contributed by atoms with Crippen molar-refractivity contribution in [1.29, 1.82) is 0 Å². The van der Waals surface area contributed by atoms with Crippen molar-refractivity contribution < 1.29 is 9.47 Å². The number of aromatic nitrogens is 3. The normalized spacial score (nSPS) is 10.7. The minimum absolute atomic E-state index is 0.357. The average Bonchev–Trinajstić information content (AvgIpc) is 2.95. The molecule has 1 heterocycles. The number of benzene rings is 1. The van der Waals surface area contributed by atoms with Crippen LogP contribution in [0, 0.1) is 0 Å². The van der Waals surface area contributed by atoms with Gasteiger partial charge in [0.25, 0.3) is 0 Å². The number of aryl methyl sites for hydroxylation is 1. The van der Waals surface area contributed by atoms with Crippen LogP contribution in [0.1, 0.15) is 25.5 Å². The third-order valence-electron chi connectivity index (χ3n) is 3.38. The van der Waals surface area contributed by atoms with Gasteiger partial charge in [0, 0.05) is 18.7 Å². The predicted octanol–water partition coefficient (Wildman–Crippen LogP) is 2.22. The Morgan fingerprint density at radius 1 is 1.19 bits per heavy atom. The van der Waals surface area contributed by atoms with Crippen LogP contribution in [0.2, 0.25) is 0 Å². The van der Waals surface area contributed by atoms with Crippen molar-refractivity contribution >= 4 is 0 Å². The van der Waals surface area contributed by atoms with E-state index in [1.165, 1.54) is 0 Å². The Hall–Kier alpha value is -2.08. The van der Waals surface area contributed by atoms with Gasteiger partial charge in [-0.25, -0.2) is 4.68 Å². The molecule has 2 N–H and O–H groups in total. The second-order valence-corrected chi connectivity index (χ2v) is 4.74. The molecule has 1 aromatic carbocycles. The first-order valence-corrected chi connectivity index (χ1v) is 7.10. The molecule has 2 aromatic rings. The fourth-order valence-electron chi connectivity index (χ4n) is 2.25. The van der Waals surface area contributed by atoms with Crippen LogP contribution in [-0.2, 0) is 13.1 Å². The van der Waals surface area contributed by atoms with Crippen molar-refractivity contribution in [2.75, 3.05) is 14.2 Å². The Morgan fingerprint density at radius 2 is 1.95 bits per heavy atom. The molecule has 114 valence electrons. The first-order valence-electron chi connectivity index (χ1n) is 7.10. The van der Waals surface area contributed by atoms with E-state index in [4.69, 9.17) is 15.2 Å². The van der Waals surface area contributed by atoms with Crippen molar-refractivity contribution in [3.63, 3.8) is 0 Å². The summed E-state index contributed by atoms with van der Waals surface area (Å²) in [7, 11) is 3.24. The van der Waals surface area contributed by atoms with Crippen molar-refractivity contribution in [2.24, 2.45) is 5.73 Å².